The molecule has 0 aliphatic heterocycles. The highest BCUT2D eigenvalue weighted by atomic mass is 79.9. The molecular weight excluding hydrogens is 300 g/mol. The average molecular weight is 317 g/mol. The molecule has 1 atom stereocenters. The summed E-state index contributed by atoms with van der Waals surface area (Å²) in [6.07, 6.45) is 0. The van der Waals surface area contributed by atoms with E-state index in [4.69, 9.17) is 17.0 Å². The number of nitrogens with one attached hydrogen (secondary N) is 2. The zero-order chi connectivity index (χ0) is 12.7. The van der Waals surface area contributed by atoms with Crippen LogP contribution in [0.25, 0.3) is 0 Å². The Morgan fingerprint density at radius 3 is 2.94 bits per heavy atom. The Kier molecular flexibility index (Phi) is 6.47. The summed E-state index contributed by atoms with van der Waals surface area (Å²) >= 11 is 8.64. The molecule has 0 saturated carbocycles. The van der Waals surface area contributed by atoms with Crippen molar-refractivity contribution < 1.29 is 4.74 Å². The van der Waals surface area contributed by atoms with E-state index in [1.807, 2.05) is 12.1 Å². The van der Waals surface area contributed by atoms with Crippen LogP contribution in [-0.4, -0.2) is 25.4 Å². The highest BCUT2D eigenvalue weighted by Gasteiger charge is 2.06. The summed E-state index contributed by atoms with van der Waals surface area (Å²) in [6, 6.07) is 8.34. The number of hydrogen-bond donors (Lipinski definition) is 2. The van der Waals surface area contributed by atoms with Gasteiger partial charge in [-0.25, -0.2) is 0 Å². The molecule has 0 saturated heterocycles. The van der Waals surface area contributed by atoms with Crippen molar-refractivity contribution in [3.05, 3.63) is 34.3 Å². The van der Waals surface area contributed by atoms with Gasteiger partial charge in [-0.1, -0.05) is 28.1 Å². The molecule has 0 spiro atoms. The molecule has 0 fully saturated rings. The smallest absolute Gasteiger partial charge is 0.166 e. The summed E-state index contributed by atoms with van der Waals surface area (Å²) in [6.45, 7) is 3.44. The molecule has 1 unspecified atom stereocenters. The van der Waals surface area contributed by atoms with E-state index < -0.39 is 0 Å². The van der Waals surface area contributed by atoms with Crippen molar-refractivity contribution in [2.24, 2.45) is 0 Å². The third kappa shape index (κ3) is 5.48. The Morgan fingerprint density at radius 1 is 1.53 bits per heavy atom. The van der Waals surface area contributed by atoms with E-state index in [0.717, 1.165) is 4.47 Å². The molecule has 0 heterocycles. The van der Waals surface area contributed by atoms with E-state index in [0.29, 0.717) is 18.3 Å². The van der Waals surface area contributed by atoms with Crippen molar-refractivity contribution >= 4 is 33.3 Å². The summed E-state index contributed by atoms with van der Waals surface area (Å²) < 4.78 is 6.01. The third-order valence-electron chi connectivity index (χ3n) is 2.29. The van der Waals surface area contributed by atoms with Gasteiger partial charge < -0.3 is 15.4 Å². The van der Waals surface area contributed by atoms with Crippen molar-refractivity contribution in [3.63, 3.8) is 0 Å². The van der Waals surface area contributed by atoms with E-state index in [2.05, 4.69) is 45.6 Å². The predicted molar refractivity (Wildman–Crippen MR) is 78.2 cm³/mol. The van der Waals surface area contributed by atoms with Crippen LogP contribution in [-0.2, 0) is 4.74 Å². The largest absolute Gasteiger partial charge is 0.383 e. The van der Waals surface area contributed by atoms with Crippen LogP contribution in [0.3, 0.4) is 0 Å². The van der Waals surface area contributed by atoms with Crippen LogP contribution in [0.1, 0.15) is 18.5 Å². The molecule has 94 valence electrons. The lowest BCUT2D eigenvalue weighted by Crippen LogP contribution is -2.38. The monoisotopic (exact) mass is 316 g/mol. The summed E-state index contributed by atoms with van der Waals surface area (Å²) in [7, 11) is 1.67. The summed E-state index contributed by atoms with van der Waals surface area (Å²) in [4.78, 5) is 0. The van der Waals surface area contributed by atoms with Gasteiger partial charge >= 0.3 is 0 Å². The molecule has 1 aromatic rings. The Bertz CT molecular complexity index is 373. The first kappa shape index (κ1) is 14.4. The second kappa shape index (κ2) is 7.63. The van der Waals surface area contributed by atoms with Crippen LogP contribution in [0.15, 0.2) is 28.7 Å². The van der Waals surface area contributed by atoms with E-state index in [-0.39, 0.29) is 6.04 Å². The van der Waals surface area contributed by atoms with Crippen LogP contribution in [0.4, 0.5) is 0 Å². The summed E-state index contributed by atoms with van der Waals surface area (Å²) in [5.41, 5.74) is 1.19. The lowest BCUT2D eigenvalue weighted by atomic mass is 10.1. The molecule has 3 nitrogen and oxygen atoms in total. The molecule has 0 radical (unpaired) electrons. The van der Waals surface area contributed by atoms with Crippen LogP contribution >= 0.6 is 28.1 Å². The second-order valence-corrected chi connectivity index (χ2v) is 4.99. The minimum Gasteiger partial charge on any atom is -0.383 e. The molecule has 5 heteroatoms. The van der Waals surface area contributed by atoms with Crippen molar-refractivity contribution in [2.45, 2.75) is 13.0 Å². The van der Waals surface area contributed by atoms with Crippen LogP contribution < -0.4 is 10.6 Å². The van der Waals surface area contributed by atoms with Crippen LogP contribution in [0.5, 0.6) is 0 Å². The van der Waals surface area contributed by atoms with Gasteiger partial charge in [-0.05, 0) is 36.8 Å². The fraction of sp³-hybridized carbons (Fsp3) is 0.417. The van der Waals surface area contributed by atoms with Gasteiger partial charge in [0.1, 0.15) is 0 Å². The zero-order valence-corrected chi connectivity index (χ0v) is 12.4. The van der Waals surface area contributed by atoms with Gasteiger partial charge in [-0.15, -0.1) is 0 Å². The first-order valence-electron chi connectivity index (χ1n) is 5.42. The highest BCUT2D eigenvalue weighted by molar-refractivity contribution is 9.10. The maximum absolute atomic E-state index is 5.19. The Labute approximate surface area is 116 Å². The minimum atomic E-state index is 0.176. The van der Waals surface area contributed by atoms with E-state index in [1.165, 1.54) is 5.56 Å². The summed E-state index contributed by atoms with van der Waals surface area (Å²) in [5, 5.41) is 6.96. The molecule has 1 aromatic carbocycles. The van der Waals surface area contributed by atoms with Crippen molar-refractivity contribution in [1.82, 2.24) is 10.6 Å². The standard InChI is InChI=1S/C12H17BrN2OS/c1-9(10-4-3-5-11(13)8-10)15-12(17)14-6-7-16-2/h3-5,8-9H,6-7H2,1-2H3,(H2,14,15,17). The van der Waals surface area contributed by atoms with Gasteiger partial charge in [-0.3, -0.25) is 0 Å². The Balaban J connectivity index is 2.43. The van der Waals surface area contributed by atoms with Gasteiger partial charge in [0.15, 0.2) is 5.11 Å². The van der Waals surface area contributed by atoms with Gasteiger partial charge in [0, 0.05) is 18.1 Å². The maximum atomic E-state index is 5.19. The highest BCUT2D eigenvalue weighted by Crippen LogP contribution is 2.17. The molecule has 0 aromatic heterocycles. The number of hydrogen-bond acceptors (Lipinski definition) is 2. The van der Waals surface area contributed by atoms with Crippen LogP contribution in [0, 0.1) is 0 Å². The van der Waals surface area contributed by atoms with Gasteiger partial charge in [-0.2, -0.15) is 0 Å². The Hall–Kier alpha value is -0.650. The van der Waals surface area contributed by atoms with Crippen molar-refractivity contribution in [2.75, 3.05) is 20.3 Å². The van der Waals surface area contributed by atoms with Gasteiger partial charge in [0.05, 0.1) is 12.6 Å². The predicted octanol–water partition coefficient (Wildman–Crippen LogP) is 2.62. The Morgan fingerprint density at radius 2 is 2.29 bits per heavy atom. The van der Waals surface area contributed by atoms with Crippen LogP contribution in [0.2, 0.25) is 0 Å². The van der Waals surface area contributed by atoms with Crippen molar-refractivity contribution in [1.29, 1.82) is 0 Å². The SMILES string of the molecule is COCCNC(=S)NC(C)c1cccc(Br)c1. The van der Waals surface area contributed by atoms with E-state index in [1.54, 1.807) is 7.11 Å². The number of rotatable bonds is 5. The second-order valence-electron chi connectivity index (χ2n) is 3.67. The van der Waals surface area contributed by atoms with E-state index >= 15 is 0 Å². The minimum absolute atomic E-state index is 0.176. The summed E-state index contributed by atoms with van der Waals surface area (Å²) in [5.74, 6) is 0. The molecule has 1 rings (SSSR count). The molecular formula is C12H17BrN2OS. The number of methoxy groups -OCH3 is 1. The van der Waals surface area contributed by atoms with E-state index in [9.17, 15) is 0 Å². The maximum Gasteiger partial charge on any atom is 0.166 e. The lowest BCUT2D eigenvalue weighted by Gasteiger charge is -2.17. The number of benzene rings is 1. The molecule has 0 bridgehead atoms. The molecule has 2 N–H and O–H groups in total. The number of thiocarbonyl (C=S) groups is 1. The first-order chi connectivity index (χ1) is 8.13. The fourth-order valence-electron chi connectivity index (χ4n) is 1.37. The first-order valence-corrected chi connectivity index (χ1v) is 6.62. The third-order valence-corrected chi connectivity index (χ3v) is 3.04. The average Bonchev–Trinajstić information content (AvgIpc) is 2.29. The molecule has 0 aliphatic carbocycles. The number of halogens is 1. The topological polar surface area (TPSA) is 33.3 Å². The number of ether oxygens (including phenoxy) is 1. The van der Waals surface area contributed by atoms with Gasteiger partial charge in [0.2, 0.25) is 0 Å². The lowest BCUT2D eigenvalue weighted by molar-refractivity contribution is 0.204. The molecule has 17 heavy (non-hydrogen) atoms. The van der Waals surface area contributed by atoms with Gasteiger partial charge in [0.25, 0.3) is 0 Å². The molecule has 0 amide bonds. The molecule has 0 aliphatic rings. The van der Waals surface area contributed by atoms with Crippen molar-refractivity contribution in [3.8, 4) is 0 Å². The quantitative estimate of drug-likeness (QED) is 0.646. The zero-order valence-electron chi connectivity index (χ0n) is 10.00. The fourth-order valence-corrected chi connectivity index (χ4v) is 2.07. The normalized spacial score (nSPS) is 11.9.